The quantitative estimate of drug-likeness (QED) is 0.845. The minimum atomic E-state index is 0.681. The summed E-state index contributed by atoms with van der Waals surface area (Å²) in [6, 6.07) is 1.58. The third-order valence-electron chi connectivity index (χ3n) is 5.52. The van der Waals surface area contributed by atoms with Gasteiger partial charge in [-0.15, -0.1) is 0 Å². The Morgan fingerprint density at radius 1 is 1.16 bits per heavy atom. The first-order valence-electron chi connectivity index (χ1n) is 8.43. The molecule has 19 heavy (non-hydrogen) atoms. The Balaban J connectivity index is 1.59. The van der Waals surface area contributed by atoms with Crippen LogP contribution in [0.15, 0.2) is 0 Å². The number of nitrogens with zero attached hydrogens (tertiary/aromatic N) is 1. The number of likely N-dealkylation sites (tertiary alicyclic amines) is 1. The summed E-state index contributed by atoms with van der Waals surface area (Å²) in [5.74, 6) is 1.71. The van der Waals surface area contributed by atoms with Crippen molar-refractivity contribution in [1.82, 2.24) is 10.2 Å². The fraction of sp³-hybridized carbons (Fsp3) is 1.00. The smallest absolute Gasteiger partial charge is 0.0521 e. The van der Waals surface area contributed by atoms with Gasteiger partial charge in [0.05, 0.1) is 6.61 Å². The lowest BCUT2D eigenvalue weighted by Gasteiger charge is -2.42. The lowest BCUT2D eigenvalue weighted by atomic mass is 9.89. The number of nitrogens with one attached hydrogen (secondary N) is 1. The topological polar surface area (TPSA) is 24.5 Å². The van der Waals surface area contributed by atoms with E-state index < -0.39 is 0 Å². The van der Waals surface area contributed by atoms with Crippen molar-refractivity contribution in [3.8, 4) is 0 Å². The second kappa shape index (κ2) is 6.55. The highest BCUT2D eigenvalue weighted by atomic mass is 16.5. The third kappa shape index (κ3) is 3.14. The standard InChI is InChI=1S/C16H30N2O/c1-2-17-15-8-10-19-12-14(15)11-18-9-4-6-13-5-3-7-16(13)18/h13-17H,2-12H2,1H3. The average Bonchev–Trinajstić information content (AvgIpc) is 2.91. The molecule has 110 valence electrons. The van der Waals surface area contributed by atoms with Crippen molar-refractivity contribution in [3.63, 3.8) is 0 Å². The molecule has 3 heteroatoms. The minimum Gasteiger partial charge on any atom is -0.381 e. The van der Waals surface area contributed by atoms with Gasteiger partial charge in [0.1, 0.15) is 0 Å². The molecule has 3 rings (SSSR count). The molecule has 4 unspecified atom stereocenters. The average molecular weight is 266 g/mol. The maximum absolute atomic E-state index is 5.74. The van der Waals surface area contributed by atoms with Crippen LogP contribution in [-0.2, 0) is 4.74 Å². The van der Waals surface area contributed by atoms with E-state index in [0.717, 1.165) is 31.7 Å². The molecule has 2 heterocycles. The van der Waals surface area contributed by atoms with Crippen LogP contribution in [0.2, 0.25) is 0 Å². The van der Waals surface area contributed by atoms with Crippen LogP contribution in [0.5, 0.6) is 0 Å². The molecule has 0 bridgehead atoms. The summed E-state index contributed by atoms with van der Waals surface area (Å²) in [4.78, 5) is 2.81. The molecule has 3 fully saturated rings. The first kappa shape index (κ1) is 13.8. The SMILES string of the molecule is CCNC1CCOCC1CN1CCCC2CCCC21. The molecule has 1 saturated carbocycles. The van der Waals surface area contributed by atoms with Crippen molar-refractivity contribution in [2.75, 3.05) is 32.8 Å². The number of hydrogen-bond donors (Lipinski definition) is 1. The van der Waals surface area contributed by atoms with Gasteiger partial charge in [-0.2, -0.15) is 0 Å². The van der Waals surface area contributed by atoms with Crippen molar-refractivity contribution < 1.29 is 4.74 Å². The highest BCUT2D eigenvalue weighted by Crippen LogP contribution is 2.37. The van der Waals surface area contributed by atoms with E-state index in [1.807, 2.05) is 0 Å². The Morgan fingerprint density at radius 2 is 2.05 bits per heavy atom. The second-order valence-electron chi connectivity index (χ2n) is 6.68. The summed E-state index contributed by atoms with van der Waals surface area (Å²) in [5.41, 5.74) is 0. The summed E-state index contributed by atoms with van der Waals surface area (Å²) in [5, 5.41) is 3.68. The maximum atomic E-state index is 5.74. The highest BCUT2D eigenvalue weighted by molar-refractivity contribution is 4.91. The molecule has 3 aliphatic rings. The van der Waals surface area contributed by atoms with Crippen molar-refractivity contribution in [2.45, 2.75) is 57.5 Å². The molecule has 3 nitrogen and oxygen atoms in total. The number of rotatable bonds is 4. The van der Waals surface area contributed by atoms with E-state index in [0.29, 0.717) is 12.0 Å². The van der Waals surface area contributed by atoms with Gasteiger partial charge in [-0.25, -0.2) is 0 Å². The van der Waals surface area contributed by atoms with Crippen LogP contribution < -0.4 is 5.32 Å². The van der Waals surface area contributed by atoms with Gasteiger partial charge in [-0.3, -0.25) is 4.90 Å². The van der Waals surface area contributed by atoms with Crippen LogP contribution >= 0.6 is 0 Å². The van der Waals surface area contributed by atoms with Gasteiger partial charge >= 0.3 is 0 Å². The fourth-order valence-corrected chi connectivity index (χ4v) is 4.59. The van der Waals surface area contributed by atoms with Gasteiger partial charge in [0, 0.05) is 31.2 Å². The summed E-state index contributed by atoms with van der Waals surface area (Å²) >= 11 is 0. The van der Waals surface area contributed by atoms with Gasteiger partial charge in [-0.1, -0.05) is 13.3 Å². The fourth-order valence-electron chi connectivity index (χ4n) is 4.59. The van der Waals surface area contributed by atoms with Gasteiger partial charge in [0.25, 0.3) is 0 Å². The lowest BCUT2D eigenvalue weighted by Crippen LogP contribution is -2.51. The minimum absolute atomic E-state index is 0.681. The predicted octanol–water partition coefficient (Wildman–Crippen LogP) is 2.27. The van der Waals surface area contributed by atoms with Crippen molar-refractivity contribution >= 4 is 0 Å². The summed E-state index contributed by atoms with van der Waals surface area (Å²) in [6.07, 6.45) is 8.49. The molecule has 0 aromatic carbocycles. The molecule has 0 aromatic rings. The van der Waals surface area contributed by atoms with Gasteiger partial charge in [-0.05, 0) is 51.1 Å². The molecule has 2 aliphatic heterocycles. The normalized spacial score (nSPS) is 40.3. The Morgan fingerprint density at radius 3 is 2.95 bits per heavy atom. The van der Waals surface area contributed by atoms with E-state index in [1.54, 1.807) is 0 Å². The largest absolute Gasteiger partial charge is 0.381 e. The van der Waals surface area contributed by atoms with Crippen LogP contribution in [-0.4, -0.2) is 49.8 Å². The van der Waals surface area contributed by atoms with Crippen LogP contribution in [0.1, 0.15) is 45.4 Å². The summed E-state index contributed by atoms with van der Waals surface area (Å²) in [7, 11) is 0. The molecule has 0 amide bonds. The molecule has 1 N–H and O–H groups in total. The van der Waals surface area contributed by atoms with Gasteiger partial charge in [0.2, 0.25) is 0 Å². The van der Waals surface area contributed by atoms with Crippen LogP contribution in [0.4, 0.5) is 0 Å². The maximum Gasteiger partial charge on any atom is 0.0521 e. The van der Waals surface area contributed by atoms with E-state index in [2.05, 4.69) is 17.1 Å². The Bertz CT molecular complexity index is 282. The third-order valence-corrected chi connectivity index (χ3v) is 5.52. The summed E-state index contributed by atoms with van der Waals surface area (Å²) < 4.78 is 5.74. The van der Waals surface area contributed by atoms with Gasteiger partial charge < -0.3 is 10.1 Å². The van der Waals surface area contributed by atoms with Crippen LogP contribution in [0.3, 0.4) is 0 Å². The zero-order valence-electron chi connectivity index (χ0n) is 12.4. The molecule has 0 spiro atoms. The zero-order valence-corrected chi connectivity index (χ0v) is 12.4. The summed E-state index contributed by atoms with van der Waals surface area (Å²) in [6.45, 7) is 7.81. The van der Waals surface area contributed by atoms with E-state index in [-0.39, 0.29) is 0 Å². The van der Waals surface area contributed by atoms with Crippen LogP contribution in [0.25, 0.3) is 0 Å². The molecule has 0 radical (unpaired) electrons. The Kier molecular flexibility index (Phi) is 4.78. The number of hydrogen-bond acceptors (Lipinski definition) is 3. The first-order valence-corrected chi connectivity index (χ1v) is 8.43. The van der Waals surface area contributed by atoms with E-state index in [4.69, 9.17) is 4.74 Å². The molecular formula is C16H30N2O. The van der Waals surface area contributed by atoms with Crippen molar-refractivity contribution in [3.05, 3.63) is 0 Å². The number of piperidine rings is 1. The molecule has 4 atom stereocenters. The number of ether oxygens (including phenoxy) is 1. The van der Waals surface area contributed by atoms with Crippen molar-refractivity contribution in [2.24, 2.45) is 11.8 Å². The number of fused-ring (bicyclic) bond motifs is 1. The molecule has 1 aliphatic carbocycles. The zero-order chi connectivity index (χ0) is 13.1. The van der Waals surface area contributed by atoms with Crippen LogP contribution in [0, 0.1) is 11.8 Å². The van der Waals surface area contributed by atoms with E-state index in [1.165, 1.54) is 51.6 Å². The van der Waals surface area contributed by atoms with E-state index in [9.17, 15) is 0 Å². The molecular weight excluding hydrogens is 236 g/mol. The lowest BCUT2D eigenvalue weighted by molar-refractivity contribution is 0.0000447. The highest BCUT2D eigenvalue weighted by Gasteiger charge is 2.37. The van der Waals surface area contributed by atoms with Gasteiger partial charge in [0.15, 0.2) is 0 Å². The predicted molar refractivity (Wildman–Crippen MR) is 78.3 cm³/mol. The molecule has 0 aromatic heterocycles. The Hall–Kier alpha value is -0.120. The monoisotopic (exact) mass is 266 g/mol. The van der Waals surface area contributed by atoms with E-state index >= 15 is 0 Å². The Labute approximate surface area is 118 Å². The molecule has 2 saturated heterocycles. The first-order chi connectivity index (χ1) is 9.38. The second-order valence-corrected chi connectivity index (χ2v) is 6.68. The van der Waals surface area contributed by atoms with Crippen molar-refractivity contribution in [1.29, 1.82) is 0 Å².